The quantitative estimate of drug-likeness (QED) is 0.573. The summed E-state index contributed by atoms with van der Waals surface area (Å²) >= 11 is 0. The number of fused-ring (bicyclic) bond motifs is 1. The number of benzene rings is 1. The topological polar surface area (TPSA) is 55.3 Å². The lowest BCUT2D eigenvalue weighted by atomic mass is 9.96. The highest BCUT2D eigenvalue weighted by atomic mass is 16.5. The monoisotopic (exact) mass is 389 g/mol. The van der Waals surface area contributed by atoms with Crippen molar-refractivity contribution in [3.63, 3.8) is 0 Å². The molecule has 1 N–H and O–H groups in total. The second-order valence-electron chi connectivity index (χ2n) is 7.84. The first-order valence-corrected chi connectivity index (χ1v) is 10.5. The molecule has 2 aliphatic rings. The Labute approximate surface area is 169 Å². The minimum absolute atomic E-state index is 0.229. The second-order valence-corrected chi connectivity index (χ2v) is 7.84. The van der Waals surface area contributed by atoms with Crippen LogP contribution in [0.25, 0.3) is 0 Å². The maximum absolute atomic E-state index is 5.91. The molecule has 1 aromatic rings. The van der Waals surface area contributed by atoms with E-state index in [1.165, 1.54) is 24.8 Å². The fraction of sp³-hybridized carbons (Fsp3) is 0.682. The van der Waals surface area contributed by atoms with Gasteiger partial charge in [0, 0.05) is 50.9 Å². The van der Waals surface area contributed by atoms with Crippen LogP contribution in [0.4, 0.5) is 0 Å². The van der Waals surface area contributed by atoms with E-state index in [1.54, 1.807) is 7.11 Å². The number of ether oxygens (including phenoxy) is 3. The van der Waals surface area contributed by atoms with Gasteiger partial charge in [-0.15, -0.1) is 0 Å². The van der Waals surface area contributed by atoms with Crippen LogP contribution < -0.4 is 14.8 Å². The summed E-state index contributed by atoms with van der Waals surface area (Å²) in [5.74, 6) is 3.55. The van der Waals surface area contributed by atoms with E-state index in [2.05, 4.69) is 43.2 Å². The first-order valence-electron chi connectivity index (χ1n) is 10.5. The molecule has 2 heterocycles. The summed E-state index contributed by atoms with van der Waals surface area (Å²) in [5.41, 5.74) is 2.28. The van der Waals surface area contributed by atoms with E-state index in [0.717, 1.165) is 61.7 Å². The van der Waals surface area contributed by atoms with Gasteiger partial charge in [-0.05, 0) is 51.2 Å². The molecule has 0 bridgehead atoms. The summed E-state index contributed by atoms with van der Waals surface area (Å²) in [6.07, 6.45) is 4.69. The molecule has 1 atom stereocenters. The average molecular weight is 390 g/mol. The zero-order chi connectivity index (χ0) is 19.9. The summed E-state index contributed by atoms with van der Waals surface area (Å²) in [4.78, 5) is 7.11. The summed E-state index contributed by atoms with van der Waals surface area (Å²) in [6.45, 7) is 8.43. The van der Waals surface area contributed by atoms with E-state index < -0.39 is 0 Å². The molecule has 3 rings (SSSR count). The molecule has 0 aliphatic carbocycles. The molecular weight excluding hydrogens is 354 g/mol. The zero-order valence-corrected chi connectivity index (χ0v) is 17.8. The van der Waals surface area contributed by atoms with Crippen LogP contribution in [0.2, 0.25) is 0 Å². The predicted octanol–water partition coefficient (Wildman–Crippen LogP) is 3.23. The van der Waals surface area contributed by atoms with Gasteiger partial charge in [0.25, 0.3) is 0 Å². The number of nitrogens with one attached hydrogen (secondary N) is 1. The van der Waals surface area contributed by atoms with Crippen molar-refractivity contribution in [2.45, 2.75) is 52.2 Å². The Hall–Kier alpha value is -1.95. The molecule has 0 amide bonds. The van der Waals surface area contributed by atoms with E-state index in [4.69, 9.17) is 19.2 Å². The highest BCUT2D eigenvalue weighted by Crippen LogP contribution is 2.35. The summed E-state index contributed by atoms with van der Waals surface area (Å²) in [5, 5.41) is 3.42. The van der Waals surface area contributed by atoms with Crippen molar-refractivity contribution < 1.29 is 14.2 Å². The van der Waals surface area contributed by atoms with Crippen LogP contribution in [0.5, 0.6) is 11.5 Å². The molecule has 1 saturated heterocycles. The molecule has 6 nitrogen and oxygen atoms in total. The third kappa shape index (κ3) is 5.31. The fourth-order valence-electron chi connectivity index (χ4n) is 3.94. The van der Waals surface area contributed by atoms with Crippen LogP contribution in [-0.4, -0.2) is 57.4 Å². The van der Waals surface area contributed by atoms with Crippen molar-refractivity contribution in [3.8, 4) is 11.5 Å². The number of guanidine groups is 1. The van der Waals surface area contributed by atoms with Crippen LogP contribution in [0.1, 0.15) is 44.2 Å². The standard InChI is InChI=1S/C22H35N3O3/c1-5-23-22(25(3)9-6-17-7-10-27-11-8-17)24-15-19-14-21-18(12-16(2)28-21)13-20(19)26-4/h13-14,16-17H,5-12,15H2,1-4H3,(H,23,24). The highest BCUT2D eigenvalue weighted by molar-refractivity contribution is 5.79. The Balaban J connectivity index is 1.65. The number of nitrogens with zero attached hydrogens (tertiary/aromatic N) is 2. The van der Waals surface area contributed by atoms with Gasteiger partial charge >= 0.3 is 0 Å². The van der Waals surface area contributed by atoms with E-state index in [0.29, 0.717) is 6.54 Å². The smallest absolute Gasteiger partial charge is 0.193 e. The first kappa shape index (κ1) is 20.8. The van der Waals surface area contributed by atoms with Gasteiger partial charge in [-0.2, -0.15) is 0 Å². The zero-order valence-electron chi connectivity index (χ0n) is 17.8. The molecular formula is C22H35N3O3. The minimum Gasteiger partial charge on any atom is -0.496 e. The van der Waals surface area contributed by atoms with Crippen LogP contribution >= 0.6 is 0 Å². The van der Waals surface area contributed by atoms with Gasteiger partial charge in [-0.3, -0.25) is 0 Å². The Morgan fingerprint density at radius 3 is 2.82 bits per heavy atom. The van der Waals surface area contributed by atoms with Gasteiger partial charge in [-0.1, -0.05) is 0 Å². The highest BCUT2D eigenvalue weighted by Gasteiger charge is 2.22. The lowest BCUT2D eigenvalue weighted by molar-refractivity contribution is 0.0625. The largest absolute Gasteiger partial charge is 0.496 e. The number of methoxy groups -OCH3 is 1. The van der Waals surface area contributed by atoms with E-state index in [1.807, 2.05) is 0 Å². The number of aliphatic imine (C=N–C) groups is 1. The normalized spacial score (nSPS) is 19.9. The Bertz CT molecular complexity index is 671. The van der Waals surface area contributed by atoms with Gasteiger partial charge in [-0.25, -0.2) is 4.99 Å². The Morgan fingerprint density at radius 2 is 2.11 bits per heavy atom. The van der Waals surface area contributed by atoms with Crippen molar-refractivity contribution in [2.75, 3.05) is 40.5 Å². The van der Waals surface area contributed by atoms with E-state index >= 15 is 0 Å². The second kappa shape index (κ2) is 10.0. The van der Waals surface area contributed by atoms with Crippen LogP contribution in [0.3, 0.4) is 0 Å². The Morgan fingerprint density at radius 1 is 1.32 bits per heavy atom. The summed E-state index contributed by atoms with van der Waals surface area (Å²) in [6, 6.07) is 4.19. The molecule has 6 heteroatoms. The van der Waals surface area contributed by atoms with Gasteiger partial charge < -0.3 is 24.4 Å². The molecule has 0 aromatic heterocycles. The van der Waals surface area contributed by atoms with Crippen molar-refractivity contribution in [2.24, 2.45) is 10.9 Å². The molecule has 1 aromatic carbocycles. The summed E-state index contributed by atoms with van der Waals surface area (Å²) in [7, 11) is 3.84. The Kier molecular flexibility index (Phi) is 7.43. The van der Waals surface area contributed by atoms with Crippen molar-refractivity contribution >= 4 is 5.96 Å². The number of hydrogen-bond acceptors (Lipinski definition) is 4. The lowest BCUT2D eigenvalue weighted by Gasteiger charge is -2.27. The first-order chi connectivity index (χ1) is 13.6. The van der Waals surface area contributed by atoms with Gasteiger partial charge in [0.2, 0.25) is 0 Å². The van der Waals surface area contributed by atoms with Crippen LogP contribution in [0, 0.1) is 5.92 Å². The minimum atomic E-state index is 0.229. The molecule has 28 heavy (non-hydrogen) atoms. The maximum atomic E-state index is 5.91. The summed E-state index contributed by atoms with van der Waals surface area (Å²) < 4.78 is 17.0. The lowest BCUT2D eigenvalue weighted by Crippen LogP contribution is -2.40. The molecule has 0 radical (unpaired) electrons. The van der Waals surface area contributed by atoms with Crippen molar-refractivity contribution in [1.82, 2.24) is 10.2 Å². The third-order valence-electron chi connectivity index (χ3n) is 5.61. The van der Waals surface area contributed by atoms with Gasteiger partial charge in [0.1, 0.15) is 17.6 Å². The fourth-order valence-corrected chi connectivity index (χ4v) is 3.94. The molecule has 1 fully saturated rings. The predicted molar refractivity (Wildman–Crippen MR) is 112 cm³/mol. The van der Waals surface area contributed by atoms with E-state index in [-0.39, 0.29) is 6.10 Å². The van der Waals surface area contributed by atoms with Crippen molar-refractivity contribution in [3.05, 3.63) is 23.3 Å². The third-order valence-corrected chi connectivity index (χ3v) is 5.61. The average Bonchev–Trinajstić information content (AvgIpc) is 3.08. The SMILES string of the molecule is CCNC(=NCc1cc2c(cc1OC)CC(C)O2)N(C)CCC1CCOCC1. The maximum Gasteiger partial charge on any atom is 0.193 e. The molecule has 1 unspecified atom stereocenters. The van der Waals surface area contributed by atoms with Gasteiger partial charge in [0.15, 0.2) is 5.96 Å². The van der Waals surface area contributed by atoms with Crippen molar-refractivity contribution in [1.29, 1.82) is 0 Å². The number of rotatable bonds is 7. The van der Waals surface area contributed by atoms with E-state index in [9.17, 15) is 0 Å². The number of hydrogen-bond donors (Lipinski definition) is 1. The molecule has 0 saturated carbocycles. The van der Waals surface area contributed by atoms with Gasteiger partial charge in [0.05, 0.1) is 13.7 Å². The van der Waals surface area contributed by atoms with Crippen LogP contribution in [0.15, 0.2) is 17.1 Å². The molecule has 156 valence electrons. The van der Waals surface area contributed by atoms with Crippen LogP contribution in [-0.2, 0) is 17.7 Å². The molecule has 0 spiro atoms. The molecule has 2 aliphatic heterocycles.